The lowest BCUT2D eigenvalue weighted by Gasteiger charge is -2.20. The molecule has 0 aromatic carbocycles. The van der Waals surface area contributed by atoms with Crippen molar-refractivity contribution in [3.8, 4) is 0 Å². The summed E-state index contributed by atoms with van der Waals surface area (Å²) in [6.07, 6.45) is 3.45. The zero-order valence-corrected chi connectivity index (χ0v) is 14.0. The lowest BCUT2D eigenvalue weighted by atomic mass is 10.2. The summed E-state index contributed by atoms with van der Waals surface area (Å²) >= 11 is 11.4. The molecule has 0 unspecified atom stereocenters. The Kier molecular flexibility index (Phi) is 5.19. The molecule has 19 heavy (non-hydrogen) atoms. The van der Waals surface area contributed by atoms with Crippen molar-refractivity contribution < 1.29 is 0 Å². The average molecular weight is 361 g/mol. The van der Waals surface area contributed by atoms with Crippen LogP contribution in [0.25, 0.3) is 0 Å². The number of nitrogens with zero attached hydrogens (tertiary/aromatic N) is 3. The minimum atomic E-state index is 0.561. The third-order valence-electron chi connectivity index (χ3n) is 2.75. The third-order valence-corrected chi connectivity index (χ3v) is 4.75. The molecule has 0 aliphatic carbocycles. The first-order chi connectivity index (χ1) is 9.11. The van der Waals surface area contributed by atoms with Crippen LogP contribution >= 0.6 is 38.9 Å². The Bertz CT molecular complexity index is 559. The summed E-state index contributed by atoms with van der Waals surface area (Å²) in [6.45, 7) is 2.95. The van der Waals surface area contributed by atoms with Gasteiger partial charge >= 0.3 is 0 Å². The highest BCUT2D eigenvalue weighted by Gasteiger charge is 2.13. The summed E-state index contributed by atoms with van der Waals surface area (Å²) in [6, 6.07) is 2.13. The fourth-order valence-electron chi connectivity index (χ4n) is 1.92. The summed E-state index contributed by atoms with van der Waals surface area (Å²) in [5.74, 6) is 0.923. The van der Waals surface area contributed by atoms with E-state index in [-0.39, 0.29) is 0 Å². The molecule has 0 bridgehead atoms. The van der Waals surface area contributed by atoms with E-state index in [4.69, 9.17) is 11.6 Å². The predicted octanol–water partition coefficient (Wildman–Crippen LogP) is 4.54. The van der Waals surface area contributed by atoms with Crippen molar-refractivity contribution in [1.29, 1.82) is 0 Å². The second-order valence-electron chi connectivity index (χ2n) is 4.30. The van der Waals surface area contributed by atoms with Gasteiger partial charge in [0.2, 0.25) is 0 Å². The van der Waals surface area contributed by atoms with Crippen molar-refractivity contribution in [2.45, 2.75) is 26.3 Å². The van der Waals surface area contributed by atoms with Crippen molar-refractivity contribution in [3.63, 3.8) is 0 Å². The molecule has 2 heterocycles. The lowest BCUT2D eigenvalue weighted by molar-refractivity contribution is 0.848. The van der Waals surface area contributed by atoms with Crippen molar-refractivity contribution >= 4 is 44.7 Å². The van der Waals surface area contributed by atoms with E-state index in [9.17, 15) is 0 Å². The Labute approximate surface area is 130 Å². The molecule has 0 aliphatic heterocycles. The molecular weight excluding hydrogens is 346 g/mol. The Balaban J connectivity index is 2.23. The van der Waals surface area contributed by atoms with Crippen LogP contribution in [0.2, 0.25) is 5.15 Å². The molecule has 0 atom stereocenters. The standard InChI is InChI=1S/C13H15BrClN3S/c1-3-4-11-12(15)16-8-17-13(11)18(2)6-10-5-9(14)7-19-10/h5,7-8H,3-4,6H2,1-2H3. The van der Waals surface area contributed by atoms with E-state index < -0.39 is 0 Å². The van der Waals surface area contributed by atoms with E-state index in [0.717, 1.165) is 35.2 Å². The monoisotopic (exact) mass is 359 g/mol. The average Bonchev–Trinajstić information content (AvgIpc) is 2.77. The zero-order valence-electron chi connectivity index (χ0n) is 10.9. The van der Waals surface area contributed by atoms with Crippen molar-refractivity contribution in [3.05, 3.63) is 37.8 Å². The Morgan fingerprint density at radius 1 is 1.42 bits per heavy atom. The first-order valence-electron chi connectivity index (χ1n) is 6.05. The van der Waals surface area contributed by atoms with Gasteiger partial charge in [-0.25, -0.2) is 9.97 Å². The van der Waals surface area contributed by atoms with Crippen molar-refractivity contribution in [1.82, 2.24) is 9.97 Å². The van der Waals surface area contributed by atoms with Gasteiger partial charge in [0.25, 0.3) is 0 Å². The second kappa shape index (κ2) is 6.68. The van der Waals surface area contributed by atoms with Gasteiger partial charge in [-0.15, -0.1) is 11.3 Å². The van der Waals surface area contributed by atoms with Gasteiger partial charge in [0.15, 0.2) is 0 Å². The Morgan fingerprint density at radius 2 is 2.21 bits per heavy atom. The van der Waals surface area contributed by atoms with Gasteiger partial charge in [0, 0.05) is 27.3 Å². The molecule has 2 rings (SSSR count). The van der Waals surface area contributed by atoms with E-state index in [1.807, 2.05) is 7.05 Å². The first kappa shape index (κ1) is 14.8. The minimum Gasteiger partial charge on any atom is -0.354 e. The molecule has 0 saturated heterocycles. The number of aromatic nitrogens is 2. The summed E-state index contributed by atoms with van der Waals surface area (Å²) in [5.41, 5.74) is 1.03. The topological polar surface area (TPSA) is 29.0 Å². The number of thiophene rings is 1. The van der Waals surface area contributed by atoms with E-state index in [1.165, 1.54) is 11.2 Å². The van der Waals surface area contributed by atoms with E-state index in [1.54, 1.807) is 11.3 Å². The number of rotatable bonds is 5. The number of anilines is 1. The van der Waals surface area contributed by atoms with Gasteiger partial charge in [0.1, 0.15) is 17.3 Å². The zero-order chi connectivity index (χ0) is 13.8. The smallest absolute Gasteiger partial charge is 0.137 e. The van der Waals surface area contributed by atoms with Gasteiger partial charge in [0.05, 0.1) is 6.54 Å². The van der Waals surface area contributed by atoms with E-state index >= 15 is 0 Å². The molecule has 0 spiro atoms. The summed E-state index contributed by atoms with van der Waals surface area (Å²) in [4.78, 5) is 11.9. The van der Waals surface area contributed by atoms with Crippen LogP contribution in [0.3, 0.4) is 0 Å². The summed E-state index contributed by atoms with van der Waals surface area (Å²) < 4.78 is 1.12. The maximum atomic E-state index is 6.18. The van der Waals surface area contributed by atoms with Crippen LogP contribution in [-0.2, 0) is 13.0 Å². The number of hydrogen-bond donors (Lipinski definition) is 0. The van der Waals surface area contributed by atoms with E-state index in [0.29, 0.717) is 5.15 Å². The molecule has 0 radical (unpaired) electrons. The molecular formula is C13H15BrClN3S. The largest absolute Gasteiger partial charge is 0.354 e. The summed E-state index contributed by atoms with van der Waals surface area (Å²) in [7, 11) is 2.03. The van der Waals surface area contributed by atoms with Crippen LogP contribution in [0, 0.1) is 0 Å². The van der Waals surface area contributed by atoms with Gasteiger partial charge in [-0.3, -0.25) is 0 Å². The van der Waals surface area contributed by atoms with Gasteiger partial charge < -0.3 is 4.90 Å². The molecule has 2 aromatic heterocycles. The molecule has 102 valence electrons. The van der Waals surface area contributed by atoms with Crippen LogP contribution in [0.5, 0.6) is 0 Å². The van der Waals surface area contributed by atoms with Crippen LogP contribution in [0.1, 0.15) is 23.8 Å². The Morgan fingerprint density at radius 3 is 2.84 bits per heavy atom. The van der Waals surface area contributed by atoms with Crippen LogP contribution in [-0.4, -0.2) is 17.0 Å². The summed E-state index contributed by atoms with van der Waals surface area (Å²) in [5, 5.41) is 2.65. The third kappa shape index (κ3) is 3.68. The fourth-order valence-corrected chi connectivity index (χ4v) is 3.65. The molecule has 2 aromatic rings. The highest BCUT2D eigenvalue weighted by Crippen LogP contribution is 2.27. The first-order valence-corrected chi connectivity index (χ1v) is 8.10. The lowest BCUT2D eigenvalue weighted by Crippen LogP contribution is -2.19. The number of halogens is 2. The quantitative estimate of drug-likeness (QED) is 0.733. The molecule has 3 nitrogen and oxygen atoms in total. The van der Waals surface area contributed by atoms with Crippen LogP contribution in [0.4, 0.5) is 5.82 Å². The normalized spacial score (nSPS) is 10.7. The number of hydrogen-bond acceptors (Lipinski definition) is 4. The SMILES string of the molecule is CCCc1c(Cl)ncnc1N(C)Cc1cc(Br)cs1. The van der Waals surface area contributed by atoms with Gasteiger partial charge in [-0.1, -0.05) is 24.9 Å². The van der Waals surface area contributed by atoms with Crippen molar-refractivity contribution in [2.75, 3.05) is 11.9 Å². The van der Waals surface area contributed by atoms with Gasteiger partial charge in [-0.2, -0.15) is 0 Å². The predicted molar refractivity (Wildman–Crippen MR) is 85.2 cm³/mol. The molecule has 0 aliphatic rings. The molecule has 0 saturated carbocycles. The van der Waals surface area contributed by atoms with Gasteiger partial charge in [-0.05, 0) is 28.4 Å². The maximum Gasteiger partial charge on any atom is 0.137 e. The maximum absolute atomic E-state index is 6.18. The molecule has 6 heteroatoms. The highest BCUT2D eigenvalue weighted by atomic mass is 79.9. The second-order valence-corrected chi connectivity index (χ2v) is 6.57. The van der Waals surface area contributed by atoms with Crippen LogP contribution in [0.15, 0.2) is 22.2 Å². The minimum absolute atomic E-state index is 0.561. The van der Waals surface area contributed by atoms with E-state index in [2.05, 4.69) is 49.2 Å². The highest BCUT2D eigenvalue weighted by molar-refractivity contribution is 9.10. The molecule has 0 amide bonds. The van der Waals surface area contributed by atoms with Crippen LogP contribution < -0.4 is 4.90 Å². The molecule has 0 fully saturated rings. The molecule has 0 N–H and O–H groups in total. The van der Waals surface area contributed by atoms with Crippen molar-refractivity contribution in [2.24, 2.45) is 0 Å². The Hall–Kier alpha value is -0.650. The fraction of sp³-hybridized carbons (Fsp3) is 0.385.